The van der Waals surface area contributed by atoms with E-state index in [1.54, 1.807) is 36.9 Å². The number of carbonyl (C=O) groups is 2. The fourth-order valence-electron chi connectivity index (χ4n) is 2.55. The van der Waals surface area contributed by atoms with Gasteiger partial charge in [-0.3, -0.25) is 9.78 Å². The summed E-state index contributed by atoms with van der Waals surface area (Å²) in [5, 5.41) is 3.30. The fourth-order valence-corrected chi connectivity index (χ4v) is 3.01. The number of anilines is 1. The summed E-state index contributed by atoms with van der Waals surface area (Å²) in [6, 6.07) is 13.1. The minimum Gasteiger partial charge on any atom is -0.452 e. The second-order valence-electron chi connectivity index (χ2n) is 5.81. The average Bonchev–Trinajstić information content (AvgIpc) is 2.65. The Morgan fingerprint density at radius 3 is 2.78 bits per heavy atom. The second-order valence-corrected chi connectivity index (χ2v) is 6.69. The monoisotopic (exact) mass is 384 g/mol. The molecule has 3 aromatic rings. The van der Waals surface area contributed by atoms with Gasteiger partial charge in [-0.2, -0.15) is 0 Å². The molecule has 1 amide bonds. The van der Waals surface area contributed by atoms with Gasteiger partial charge in [-0.15, -0.1) is 11.8 Å². The van der Waals surface area contributed by atoms with Gasteiger partial charge in [0.15, 0.2) is 6.61 Å². The third kappa shape index (κ3) is 4.62. The highest BCUT2D eigenvalue weighted by Crippen LogP contribution is 2.20. The van der Waals surface area contributed by atoms with Crippen molar-refractivity contribution in [2.45, 2.75) is 11.8 Å². The number of esters is 1. The molecule has 7 heteroatoms. The number of carbonyl (C=O) groups excluding carboxylic acids is 2. The largest absolute Gasteiger partial charge is 0.452 e. The molecule has 0 radical (unpaired) electrons. The van der Waals surface area contributed by atoms with Gasteiger partial charge in [0.1, 0.15) is 5.82 Å². The van der Waals surface area contributed by atoms with Crippen LogP contribution in [-0.2, 0) is 9.53 Å². The third-order valence-electron chi connectivity index (χ3n) is 3.88. The van der Waals surface area contributed by atoms with Gasteiger partial charge in [-0.05, 0) is 49.6 Å². The Labute approximate surface area is 159 Å². The highest BCUT2D eigenvalue weighted by Gasteiger charge is 2.15. The van der Waals surface area contributed by atoms with Crippen LogP contribution in [-0.4, -0.2) is 29.7 Å². The van der Waals surface area contributed by atoms with Crippen LogP contribution in [0.5, 0.6) is 0 Å². The fraction of sp³-hybridized carbons (Fsp3) is 0.150. The number of ether oxygens (including phenoxy) is 1. The number of aryl methyl sites for hydroxylation is 1. The van der Waals surface area contributed by atoms with Gasteiger partial charge >= 0.3 is 5.97 Å². The predicted molar refractivity (Wildman–Crippen MR) is 104 cm³/mol. The van der Waals surface area contributed by atoms with Crippen molar-refractivity contribution in [2.24, 2.45) is 0 Å². The molecule has 2 aromatic carbocycles. The number of nitrogens with zero attached hydrogens (tertiary/aromatic N) is 1. The van der Waals surface area contributed by atoms with Crippen molar-refractivity contribution in [1.82, 2.24) is 4.98 Å². The first kappa shape index (κ1) is 18.8. The molecule has 1 heterocycles. The van der Waals surface area contributed by atoms with Crippen molar-refractivity contribution < 1.29 is 18.7 Å². The van der Waals surface area contributed by atoms with Crippen molar-refractivity contribution in [3.05, 3.63) is 65.6 Å². The number of rotatable bonds is 5. The molecule has 0 saturated carbocycles. The van der Waals surface area contributed by atoms with Crippen molar-refractivity contribution in [1.29, 1.82) is 0 Å². The highest BCUT2D eigenvalue weighted by molar-refractivity contribution is 7.98. The summed E-state index contributed by atoms with van der Waals surface area (Å²) in [4.78, 5) is 29.6. The third-order valence-corrected chi connectivity index (χ3v) is 4.60. The molecule has 1 N–H and O–H groups in total. The predicted octanol–water partition coefficient (Wildman–Crippen LogP) is 4.20. The Kier molecular flexibility index (Phi) is 5.71. The SMILES string of the molecule is CSc1cccc(NC(=O)COC(=O)c2cc3ccc(F)cc3nc2C)c1. The maximum Gasteiger partial charge on any atom is 0.340 e. The van der Waals surface area contributed by atoms with Gasteiger partial charge in [-0.25, -0.2) is 9.18 Å². The van der Waals surface area contributed by atoms with Crippen LogP contribution >= 0.6 is 11.8 Å². The number of hydrogen-bond donors (Lipinski definition) is 1. The van der Waals surface area contributed by atoms with E-state index in [0.717, 1.165) is 4.90 Å². The molecular formula is C20H17FN2O3S. The molecule has 1 aromatic heterocycles. The minimum atomic E-state index is -0.653. The van der Waals surface area contributed by atoms with Gasteiger partial charge in [0.2, 0.25) is 0 Å². The lowest BCUT2D eigenvalue weighted by Gasteiger charge is -2.09. The van der Waals surface area contributed by atoms with E-state index in [0.29, 0.717) is 22.3 Å². The molecule has 3 rings (SSSR count). The van der Waals surface area contributed by atoms with Gasteiger partial charge in [0, 0.05) is 22.0 Å². The van der Waals surface area contributed by atoms with Crippen molar-refractivity contribution >= 4 is 40.2 Å². The van der Waals surface area contributed by atoms with Crippen LogP contribution in [0.1, 0.15) is 16.1 Å². The van der Waals surface area contributed by atoms with Crippen LogP contribution in [0.2, 0.25) is 0 Å². The summed E-state index contributed by atoms with van der Waals surface area (Å²) in [6.07, 6.45) is 1.94. The first-order chi connectivity index (χ1) is 13.0. The van der Waals surface area contributed by atoms with Crippen molar-refractivity contribution in [3.63, 3.8) is 0 Å². The Hall–Kier alpha value is -2.93. The molecule has 5 nitrogen and oxygen atoms in total. The van der Waals surface area contributed by atoms with E-state index in [1.165, 1.54) is 12.1 Å². The molecule has 0 aliphatic carbocycles. The van der Waals surface area contributed by atoms with Crippen LogP contribution in [0.15, 0.2) is 53.4 Å². The molecule has 138 valence electrons. The van der Waals surface area contributed by atoms with Gasteiger partial charge in [0.25, 0.3) is 5.91 Å². The summed E-state index contributed by atoms with van der Waals surface area (Å²) < 4.78 is 18.4. The zero-order valence-electron chi connectivity index (χ0n) is 14.8. The lowest BCUT2D eigenvalue weighted by atomic mass is 10.1. The molecule has 0 saturated heterocycles. The normalized spacial score (nSPS) is 10.6. The van der Waals surface area contributed by atoms with Gasteiger partial charge in [0.05, 0.1) is 16.8 Å². The van der Waals surface area contributed by atoms with E-state index < -0.39 is 24.3 Å². The van der Waals surface area contributed by atoms with E-state index in [2.05, 4.69) is 10.3 Å². The Bertz CT molecular complexity index is 1020. The second kappa shape index (κ2) is 8.18. The summed E-state index contributed by atoms with van der Waals surface area (Å²) in [7, 11) is 0. The molecular weight excluding hydrogens is 367 g/mol. The number of thioether (sulfide) groups is 1. The zero-order chi connectivity index (χ0) is 19.4. The summed E-state index contributed by atoms with van der Waals surface area (Å²) in [5.74, 6) is -1.48. The van der Waals surface area contributed by atoms with E-state index in [4.69, 9.17) is 4.74 Å². The maximum absolute atomic E-state index is 13.3. The Morgan fingerprint density at radius 1 is 1.19 bits per heavy atom. The van der Waals surface area contributed by atoms with E-state index >= 15 is 0 Å². The number of amides is 1. The molecule has 0 unspecified atom stereocenters. The summed E-state index contributed by atoms with van der Waals surface area (Å²) in [6.45, 7) is 1.22. The van der Waals surface area contributed by atoms with Gasteiger partial charge < -0.3 is 10.1 Å². The lowest BCUT2D eigenvalue weighted by molar-refractivity contribution is -0.119. The van der Waals surface area contributed by atoms with E-state index in [9.17, 15) is 14.0 Å². The van der Waals surface area contributed by atoms with Crippen LogP contribution in [0.3, 0.4) is 0 Å². The summed E-state index contributed by atoms with van der Waals surface area (Å²) in [5.41, 5.74) is 1.74. The van der Waals surface area contributed by atoms with Crippen molar-refractivity contribution in [2.75, 3.05) is 18.2 Å². The Morgan fingerprint density at radius 2 is 2.00 bits per heavy atom. The molecule has 0 fully saturated rings. The number of fused-ring (bicyclic) bond motifs is 1. The number of pyridine rings is 1. The zero-order valence-corrected chi connectivity index (χ0v) is 15.6. The minimum absolute atomic E-state index is 0.242. The molecule has 0 bridgehead atoms. The topological polar surface area (TPSA) is 68.3 Å². The molecule has 27 heavy (non-hydrogen) atoms. The standard InChI is InChI=1S/C20H17FN2O3S/c1-12-17(8-13-6-7-14(21)9-18(13)22-12)20(25)26-11-19(24)23-15-4-3-5-16(10-15)27-2/h3-10H,11H2,1-2H3,(H,23,24). The van der Waals surface area contributed by atoms with Crippen LogP contribution < -0.4 is 5.32 Å². The highest BCUT2D eigenvalue weighted by atomic mass is 32.2. The number of hydrogen-bond acceptors (Lipinski definition) is 5. The summed E-state index contributed by atoms with van der Waals surface area (Å²) >= 11 is 1.56. The quantitative estimate of drug-likeness (QED) is 0.527. The maximum atomic E-state index is 13.3. The number of nitrogens with one attached hydrogen (secondary N) is 1. The van der Waals surface area contributed by atoms with Crippen LogP contribution in [0.4, 0.5) is 10.1 Å². The van der Waals surface area contributed by atoms with Crippen LogP contribution in [0.25, 0.3) is 10.9 Å². The van der Waals surface area contributed by atoms with E-state index in [1.807, 2.05) is 24.5 Å². The smallest absolute Gasteiger partial charge is 0.340 e. The first-order valence-corrected chi connectivity index (χ1v) is 9.36. The molecule has 0 aliphatic heterocycles. The first-order valence-electron chi connectivity index (χ1n) is 8.14. The number of halogens is 1. The molecule has 0 aliphatic rings. The average molecular weight is 384 g/mol. The van der Waals surface area contributed by atoms with Crippen LogP contribution in [0, 0.1) is 12.7 Å². The van der Waals surface area contributed by atoms with Gasteiger partial charge in [-0.1, -0.05) is 6.07 Å². The molecule has 0 spiro atoms. The number of aromatic nitrogens is 1. The van der Waals surface area contributed by atoms with E-state index in [-0.39, 0.29) is 5.56 Å². The molecule has 0 atom stereocenters. The number of benzene rings is 2. The Balaban J connectivity index is 1.66. The lowest BCUT2D eigenvalue weighted by Crippen LogP contribution is -2.21. The van der Waals surface area contributed by atoms with Crippen molar-refractivity contribution in [3.8, 4) is 0 Å².